The first kappa shape index (κ1) is 23.1. The average molecular weight is 439 g/mol. The number of aromatic nitrogens is 4. The highest BCUT2D eigenvalue weighted by Crippen LogP contribution is 2.20. The van der Waals surface area contributed by atoms with Gasteiger partial charge in [0.05, 0.1) is 18.3 Å². The van der Waals surface area contributed by atoms with Gasteiger partial charge < -0.3 is 10.6 Å². The number of H-pyrrole nitrogens is 1. The van der Waals surface area contributed by atoms with Crippen LogP contribution in [0.5, 0.6) is 0 Å². The van der Waals surface area contributed by atoms with Gasteiger partial charge in [-0.05, 0) is 30.0 Å². The Labute approximate surface area is 186 Å². The lowest BCUT2D eigenvalue weighted by Gasteiger charge is -2.26. The average Bonchev–Trinajstić information content (AvgIpc) is 3.21. The minimum Gasteiger partial charge on any atom is -0.383 e. The van der Waals surface area contributed by atoms with Crippen LogP contribution in [-0.2, 0) is 17.8 Å². The predicted molar refractivity (Wildman–Crippen MR) is 125 cm³/mol. The number of benzene rings is 1. The second kappa shape index (κ2) is 10.1. The van der Waals surface area contributed by atoms with Gasteiger partial charge in [0.15, 0.2) is 5.69 Å². The molecule has 0 bridgehead atoms. The molecule has 9 nitrogen and oxygen atoms in total. The molecule has 1 aromatic carbocycles. The van der Waals surface area contributed by atoms with Crippen molar-refractivity contribution in [3.63, 3.8) is 0 Å². The van der Waals surface area contributed by atoms with Crippen molar-refractivity contribution in [1.29, 1.82) is 0 Å². The van der Waals surface area contributed by atoms with Crippen molar-refractivity contribution in [3.05, 3.63) is 69.1 Å². The van der Waals surface area contributed by atoms with Crippen molar-refractivity contribution in [2.75, 3.05) is 17.2 Å². The Morgan fingerprint density at radius 3 is 2.59 bits per heavy atom. The summed E-state index contributed by atoms with van der Waals surface area (Å²) < 4.78 is 3.02. The van der Waals surface area contributed by atoms with E-state index in [-0.39, 0.29) is 29.8 Å². The standard InChI is InChI=1S/C23H30N6O3/c1-4-5-11-27-21(24)20(22(31)26-23(27)32)28(14-16(2)3)19(30)12-17-13-25-29(15-17)18-9-7-6-8-10-18/h6-10,13,15-16H,4-5,11-12,14,24H2,1-3H3,(H,26,31,32). The molecule has 0 fully saturated rings. The third-order valence-corrected chi connectivity index (χ3v) is 5.08. The number of amides is 1. The van der Waals surface area contributed by atoms with E-state index in [1.54, 1.807) is 17.1 Å². The van der Waals surface area contributed by atoms with Crippen molar-refractivity contribution < 1.29 is 4.79 Å². The molecule has 0 unspecified atom stereocenters. The first-order chi connectivity index (χ1) is 15.3. The van der Waals surface area contributed by atoms with Gasteiger partial charge in [0.25, 0.3) is 5.56 Å². The predicted octanol–water partition coefficient (Wildman–Crippen LogP) is 2.34. The van der Waals surface area contributed by atoms with Crippen molar-refractivity contribution in [3.8, 4) is 5.69 Å². The number of rotatable bonds is 9. The van der Waals surface area contributed by atoms with E-state index in [2.05, 4.69) is 10.1 Å². The SMILES string of the molecule is CCCCn1c(N)c(N(CC(C)C)C(=O)Cc2cnn(-c3ccccc3)c2)c(=O)[nH]c1=O. The maximum Gasteiger partial charge on any atom is 0.330 e. The van der Waals surface area contributed by atoms with E-state index in [1.165, 1.54) is 9.47 Å². The van der Waals surface area contributed by atoms with E-state index in [4.69, 9.17) is 5.73 Å². The lowest BCUT2D eigenvalue weighted by Crippen LogP contribution is -2.43. The third kappa shape index (κ3) is 5.16. The van der Waals surface area contributed by atoms with Gasteiger partial charge in [-0.15, -0.1) is 0 Å². The molecule has 1 amide bonds. The summed E-state index contributed by atoms with van der Waals surface area (Å²) in [5, 5.41) is 4.33. The molecule has 0 radical (unpaired) electrons. The molecule has 0 aliphatic rings. The number of nitrogens with two attached hydrogens (primary N) is 1. The monoisotopic (exact) mass is 438 g/mol. The van der Waals surface area contributed by atoms with Crippen molar-refractivity contribution >= 4 is 17.4 Å². The highest BCUT2D eigenvalue weighted by atomic mass is 16.2. The van der Waals surface area contributed by atoms with Crippen molar-refractivity contribution in [2.45, 2.75) is 46.6 Å². The first-order valence-electron chi connectivity index (χ1n) is 10.8. The fraction of sp³-hybridized carbons (Fsp3) is 0.391. The fourth-order valence-corrected chi connectivity index (χ4v) is 3.50. The van der Waals surface area contributed by atoms with E-state index in [0.29, 0.717) is 18.7 Å². The van der Waals surface area contributed by atoms with Gasteiger partial charge in [-0.3, -0.25) is 19.1 Å². The molecule has 3 N–H and O–H groups in total. The Hall–Kier alpha value is -3.62. The Morgan fingerprint density at radius 1 is 1.22 bits per heavy atom. The third-order valence-electron chi connectivity index (χ3n) is 5.08. The van der Waals surface area contributed by atoms with Gasteiger partial charge in [-0.25, -0.2) is 9.48 Å². The first-order valence-corrected chi connectivity index (χ1v) is 10.8. The minimum absolute atomic E-state index is 0.0150. The van der Waals surface area contributed by atoms with E-state index >= 15 is 0 Å². The van der Waals surface area contributed by atoms with Gasteiger partial charge in [0, 0.05) is 19.3 Å². The zero-order valence-corrected chi connectivity index (χ0v) is 18.7. The van der Waals surface area contributed by atoms with Crippen LogP contribution in [0, 0.1) is 5.92 Å². The van der Waals surface area contributed by atoms with Crippen LogP contribution in [0.4, 0.5) is 11.5 Å². The molecule has 0 saturated heterocycles. The summed E-state index contributed by atoms with van der Waals surface area (Å²) in [6.45, 7) is 6.57. The van der Waals surface area contributed by atoms with Gasteiger partial charge >= 0.3 is 5.69 Å². The van der Waals surface area contributed by atoms with E-state index in [1.807, 2.05) is 51.1 Å². The number of nitrogens with one attached hydrogen (secondary N) is 1. The summed E-state index contributed by atoms with van der Waals surface area (Å²) in [4.78, 5) is 42.0. The number of para-hydroxylation sites is 1. The molecule has 2 aromatic heterocycles. The van der Waals surface area contributed by atoms with Gasteiger partial charge in [-0.1, -0.05) is 45.4 Å². The zero-order chi connectivity index (χ0) is 23.3. The van der Waals surface area contributed by atoms with Crippen LogP contribution in [0.3, 0.4) is 0 Å². The molecule has 0 spiro atoms. The molecule has 0 atom stereocenters. The normalized spacial score (nSPS) is 11.1. The van der Waals surface area contributed by atoms with E-state index in [0.717, 1.165) is 18.5 Å². The Morgan fingerprint density at radius 2 is 1.94 bits per heavy atom. The van der Waals surface area contributed by atoms with E-state index in [9.17, 15) is 14.4 Å². The number of anilines is 2. The summed E-state index contributed by atoms with van der Waals surface area (Å²) >= 11 is 0. The van der Waals surface area contributed by atoms with Crippen LogP contribution in [0.2, 0.25) is 0 Å². The van der Waals surface area contributed by atoms with Crippen LogP contribution in [0.15, 0.2) is 52.3 Å². The highest BCUT2D eigenvalue weighted by molar-refractivity contribution is 5.96. The number of nitrogens with zero attached hydrogens (tertiary/aromatic N) is 4. The summed E-state index contributed by atoms with van der Waals surface area (Å²) in [6, 6.07) is 9.58. The fourth-order valence-electron chi connectivity index (χ4n) is 3.50. The Bertz CT molecular complexity index is 1180. The topological polar surface area (TPSA) is 119 Å². The number of hydrogen-bond donors (Lipinski definition) is 2. The summed E-state index contributed by atoms with van der Waals surface area (Å²) in [6.07, 6.45) is 5.06. The molecule has 0 saturated carbocycles. The minimum atomic E-state index is -0.658. The molecule has 9 heteroatoms. The maximum atomic E-state index is 13.3. The second-order valence-electron chi connectivity index (χ2n) is 8.20. The number of nitrogen functional groups attached to an aromatic ring is 1. The summed E-state index contributed by atoms with van der Waals surface area (Å²) in [5.41, 5.74) is 6.64. The second-order valence-corrected chi connectivity index (χ2v) is 8.20. The number of carbonyl (C=O) groups is 1. The summed E-state index contributed by atoms with van der Waals surface area (Å²) in [5.74, 6) is -0.189. The number of hydrogen-bond acceptors (Lipinski definition) is 5. The maximum absolute atomic E-state index is 13.3. The molecule has 0 aliphatic carbocycles. The molecule has 170 valence electrons. The summed E-state index contributed by atoms with van der Waals surface area (Å²) in [7, 11) is 0. The van der Waals surface area contributed by atoms with Crippen LogP contribution in [0.25, 0.3) is 5.69 Å². The Balaban J connectivity index is 1.94. The lowest BCUT2D eigenvalue weighted by atomic mass is 10.1. The van der Waals surface area contributed by atoms with Crippen molar-refractivity contribution in [2.24, 2.45) is 5.92 Å². The van der Waals surface area contributed by atoms with E-state index < -0.39 is 11.2 Å². The molecular formula is C23H30N6O3. The lowest BCUT2D eigenvalue weighted by molar-refractivity contribution is -0.118. The zero-order valence-electron chi connectivity index (χ0n) is 18.7. The van der Waals surface area contributed by atoms with Crippen LogP contribution in [0.1, 0.15) is 39.2 Å². The van der Waals surface area contributed by atoms with Crippen molar-refractivity contribution in [1.82, 2.24) is 19.3 Å². The number of carbonyl (C=O) groups excluding carboxylic acids is 1. The van der Waals surface area contributed by atoms with Crippen LogP contribution < -0.4 is 21.9 Å². The van der Waals surface area contributed by atoms with Crippen LogP contribution in [-0.4, -0.2) is 31.8 Å². The van der Waals surface area contributed by atoms with Gasteiger partial charge in [0.1, 0.15) is 5.82 Å². The largest absolute Gasteiger partial charge is 0.383 e. The molecule has 32 heavy (non-hydrogen) atoms. The number of unbranched alkanes of at least 4 members (excludes halogenated alkanes) is 1. The van der Waals surface area contributed by atoms with Gasteiger partial charge in [0.2, 0.25) is 5.91 Å². The quantitative estimate of drug-likeness (QED) is 0.531. The van der Waals surface area contributed by atoms with Crippen LogP contribution >= 0.6 is 0 Å². The molecular weight excluding hydrogens is 408 g/mol. The number of aromatic amines is 1. The molecule has 0 aliphatic heterocycles. The molecule has 3 rings (SSSR count). The smallest absolute Gasteiger partial charge is 0.330 e. The molecule has 2 heterocycles. The highest BCUT2D eigenvalue weighted by Gasteiger charge is 2.25. The van der Waals surface area contributed by atoms with Gasteiger partial charge in [-0.2, -0.15) is 5.10 Å². The molecule has 3 aromatic rings. The Kier molecular flexibility index (Phi) is 7.29.